The molecular formula is C8H16O2Ti. The van der Waals surface area contributed by atoms with Crippen LogP contribution in [-0.2, 0) is 25.7 Å². The van der Waals surface area contributed by atoms with Gasteiger partial charge in [0.1, 0.15) is 0 Å². The second-order valence-corrected chi connectivity index (χ2v) is 3.17. The van der Waals surface area contributed by atoms with E-state index in [2.05, 4.69) is 0 Å². The Kier molecular flexibility index (Phi) is 10.6. The third-order valence-electron chi connectivity index (χ3n) is 2.00. The summed E-state index contributed by atoms with van der Waals surface area (Å²) in [6.07, 6.45) is 12.0. The molecule has 0 atom stereocenters. The molecule has 0 N–H and O–H groups in total. The van der Waals surface area contributed by atoms with Crippen molar-refractivity contribution in [1.29, 1.82) is 0 Å². The van der Waals surface area contributed by atoms with E-state index in [4.69, 9.17) is 6.65 Å². The van der Waals surface area contributed by atoms with Crippen LogP contribution in [0.15, 0.2) is 0 Å². The van der Waals surface area contributed by atoms with Crippen molar-refractivity contribution >= 4 is 0 Å². The first-order chi connectivity index (χ1) is 5.41. The molecule has 1 saturated carbocycles. The molecule has 3 heteroatoms. The Morgan fingerprint density at radius 3 is 0.727 bits per heavy atom. The van der Waals surface area contributed by atoms with E-state index in [0.29, 0.717) is 0 Å². The molecule has 0 aromatic heterocycles. The van der Waals surface area contributed by atoms with Crippen molar-refractivity contribution in [2.24, 2.45) is 0 Å². The molecule has 1 aliphatic carbocycles. The van der Waals surface area contributed by atoms with Crippen LogP contribution in [0.4, 0.5) is 0 Å². The van der Waals surface area contributed by atoms with E-state index < -0.39 is 19.1 Å². The predicted octanol–water partition coefficient (Wildman–Crippen LogP) is 2.88. The Morgan fingerprint density at radius 1 is 0.545 bits per heavy atom. The summed E-state index contributed by atoms with van der Waals surface area (Å²) < 4.78 is 17.0. The van der Waals surface area contributed by atoms with Gasteiger partial charge in [-0.3, -0.25) is 0 Å². The van der Waals surface area contributed by atoms with Crippen LogP contribution < -0.4 is 0 Å². The first-order valence-corrected chi connectivity index (χ1v) is 5.68. The summed E-state index contributed by atoms with van der Waals surface area (Å²) >= 11 is -2.00. The van der Waals surface area contributed by atoms with Gasteiger partial charge in [-0.25, -0.2) is 0 Å². The van der Waals surface area contributed by atoms with E-state index in [1.807, 2.05) is 0 Å². The second-order valence-electron chi connectivity index (χ2n) is 2.91. The van der Waals surface area contributed by atoms with Crippen molar-refractivity contribution in [3.05, 3.63) is 0 Å². The van der Waals surface area contributed by atoms with E-state index in [1.165, 1.54) is 51.4 Å². The van der Waals surface area contributed by atoms with Crippen molar-refractivity contribution in [3.63, 3.8) is 0 Å². The number of hydrogen-bond donors (Lipinski definition) is 0. The van der Waals surface area contributed by atoms with Gasteiger partial charge in [0.05, 0.1) is 0 Å². The Hall–Kier alpha value is 0.314. The van der Waals surface area contributed by atoms with Crippen LogP contribution in [0.25, 0.3) is 0 Å². The van der Waals surface area contributed by atoms with Crippen LogP contribution in [0.3, 0.4) is 0 Å². The summed E-state index contributed by atoms with van der Waals surface area (Å²) in [5, 5.41) is 0. The van der Waals surface area contributed by atoms with Gasteiger partial charge in [0, 0.05) is 0 Å². The molecule has 0 saturated heterocycles. The maximum atomic E-state index is 8.50. The van der Waals surface area contributed by atoms with Crippen molar-refractivity contribution < 1.29 is 25.7 Å². The van der Waals surface area contributed by atoms with E-state index >= 15 is 0 Å². The van der Waals surface area contributed by atoms with Crippen molar-refractivity contribution in [2.75, 3.05) is 0 Å². The van der Waals surface area contributed by atoms with Gasteiger partial charge in [-0.2, -0.15) is 0 Å². The summed E-state index contributed by atoms with van der Waals surface area (Å²) in [4.78, 5) is 0. The molecule has 1 rings (SSSR count). The Morgan fingerprint density at radius 2 is 0.636 bits per heavy atom. The molecule has 0 aliphatic heterocycles. The fraction of sp³-hybridized carbons (Fsp3) is 1.00. The molecule has 0 aromatic carbocycles. The van der Waals surface area contributed by atoms with Gasteiger partial charge in [-0.05, 0) is 0 Å². The zero-order chi connectivity index (χ0) is 8.36. The van der Waals surface area contributed by atoms with Crippen LogP contribution >= 0.6 is 0 Å². The molecule has 0 amide bonds. The Labute approximate surface area is 77.3 Å². The van der Waals surface area contributed by atoms with Crippen LogP contribution in [0.1, 0.15) is 51.4 Å². The minimum atomic E-state index is -2.00. The molecule has 0 aromatic rings. The van der Waals surface area contributed by atoms with Gasteiger partial charge in [0.2, 0.25) is 0 Å². The Bertz CT molecular complexity index is 84.7. The van der Waals surface area contributed by atoms with Gasteiger partial charge < -0.3 is 0 Å². The van der Waals surface area contributed by atoms with Gasteiger partial charge in [-0.15, -0.1) is 0 Å². The SMILES string of the molecule is C1CCCCCCC1.[O]=[Ti]=[O]. The van der Waals surface area contributed by atoms with Crippen molar-refractivity contribution in [1.82, 2.24) is 0 Å². The zero-order valence-electron chi connectivity index (χ0n) is 6.97. The zero-order valence-corrected chi connectivity index (χ0v) is 8.53. The van der Waals surface area contributed by atoms with E-state index in [1.54, 1.807) is 0 Å². The van der Waals surface area contributed by atoms with Crippen molar-refractivity contribution in [2.45, 2.75) is 51.4 Å². The summed E-state index contributed by atoms with van der Waals surface area (Å²) in [7, 11) is 0. The van der Waals surface area contributed by atoms with Gasteiger partial charge in [-0.1, -0.05) is 51.4 Å². The monoisotopic (exact) mass is 192 g/mol. The summed E-state index contributed by atoms with van der Waals surface area (Å²) in [6, 6.07) is 0. The normalized spacial score (nSPS) is 18.2. The van der Waals surface area contributed by atoms with Crippen LogP contribution in [0, 0.1) is 0 Å². The fourth-order valence-electron chi connectivity index (χ4n) is 1.41. The Balaban J connectivity index is 0.000000292. The molecule has 1 aliphatic rings. The fourth-order valence-corrected chi connectivity index (χ4v) is 1.41. The topological polar surface area (TPSA) is 34.1 Å². The van der Waals surface area contributed by atoms with Gasteiger partial charge >= 0.3 is 25.7 Å². The standard InChI is InChI=1S/C8H16.2O.Ti/c1-2-4-6-8-7-5-3-1;;;/h1-8H2;;;. The van der Waals surface area contributed by atoms with Gasteiger partial charge in [0.15, 0.2) is 0 Å². The van der Waals surface area contributed by atoms with Crippen LogP contribution in [-0.4, -0.2) is 0 Å². The van der Waals surface area contributed by atoms with Gasteiger partial charge in [0.25, 0.3) is 0 Å². The first-order valence-electron chi connectivity index (χ1n) is 4.41. The molecule has 0 radical (unpaired) electrons. The van der Waals surface area contributed by atoms with E-state index in [0.717, 1.165) is 0 Å². The van der Waals surface area contributed by atoms with Crippen LogP contribution in [0.2, 0.25) is 0 Å². The molecule has 2 nitrogen and oxygen atoms in total. The molecule has 64 valence electrons. The number of rotatable bonds is 0. The molecule has 11 heavy (non-hydrogen) atoms. The maximum absolute atomic E-state index is 8.50. The third kappa shape index (κ3) is 10.3. The third-order valence-corrected chi connectivity index (χ3v) is 2.00. The van der Waals surface area contributed by atoms with Crippen molar-refractivity contribution in [3.8, 4) is 0 Å². The molecule has 0 bridgehead atoms. The second kappa shape index (κ2) is 10.3. The molecule has 0 heterocycles. The quantitative estimate of drug-likeness (QED) is 0.553. The molecule has 0 spiro atoms. The van der Waals surface area contributed by atoms with Crippen LogP contribution in [0.5, 0.6) is 0 Å². The van der Waals surface area contributed by atoms with E-state index in [9.17, 15) is 0 Å². The number of hydrogen-bond acceptors (Lipinski definition) is 2. The molecule has 0 unspecified atom stereocenters. The average Bonchev–Trinajstić information content (AvgIpc) is 1.86. The summed E-state index contributed by atoms with van der Waals surface area (Å²) in [5.74, 6) is 0. The molecule has 1 fully saturated rings. The van der Waals surface area contributed by atoms with E-state index in [-0.39, 0.29) is 0 Å². The first kappa shape index (κ1) is 11.3. The predicted molar refractivity (Wildman–Crippen MR) is 38.3 cm³/mol. The average molecular weight is 192 g/mol. The minimum absolute atomic E-state index is 1.50. The molecular weight excluding hydrogens is 176 g/mol. The summed E-state index contributed by atoms with van der Waals surface area (Å²) in [6.45, 7) is 0. The summed E-state index contributed by atoms with van der Waals surface area (Å²) in [5.41, 5.74) is 0.